The number of alkyl halides is 1. The lowest BCUT2D eigenvalue weighted by atomic mass is 10.0. The lowest BCUT2D eigenvalue weighted by molar-refractivity contribution is -0.122. The van der Waals surface area contributed by atoms with Gasteiger partial charge in [0.05, 0.1) is 25.9 Å². The summed E-state index contributed by atoms with van der Waals surface area (Å²) in [5, 5.41) is 3.38. The van der Waals surface area contributed by atoms with Gasteiger partial charge in [-0.1, -0.05) is 175 Å². The lowest BCUT2D eigenvalue weighted by Gasteiger charge is -2.20. The molecule has 2 atom stereocenters. The molecule has 47 heavy (non-hydrogen) atoms. The topological polar surface area (TPSA) is 94.1 Å². The van der Waals surface area contributed by atoms with Crippen molar-refractivity contribution in [3.05, 3.63) is 35.9 Å². The van der Waals surface area contributed by atoms with Gasteiger partial charge in [0.1, 0.15) is 0 Å². The van der Waals surface area contributed by atoms with Crippen LogP contribution in [0, 0.1) is 0 Å². The molecule has 9 heteroatoms. The van der Waals surface area contributed by atoms with Crippen molar-refractivity contribution in [1.82, 2.24) is 5.32 Å². The number of ether oxygens (including phenoxy) is 1. The molecule has 0 aliphatic heterocycles. The molecule has 1 aromatic carbocycles. The van der Waals surface area contributed by atoms with Crippen LogP contribution in [0.3, 0.4) is 0 Å². The molecule has 1 aromatic rings. The van der Waals surface area contributed by atoms with Crippen LogP contribution >= 0.6 is 23.8 Å². The van der Waals surface area contributed by atoms with Crippen LogP contribution in [0.2, 0.25) is 0 Å². The summed E-state index contributed by atoms with van der Waals surface area (Å²) >= 11 is 3.18. The maximum absolute atomic E-state index is 12.6. The van der Waals surface area contributed by atoms with Crippen LogP contribution < -0.4 is 5.32 Å². The largest absolute Gasteiger partial charge is 0.472 e. The Balaban J connectivity index is 2.13. The zero-order chi connectivity index (χ0) is 34.1. The molecule has 0 aliphatic rings. The highest BCUT2D eigenvalue weighted by atomic mass is 79.9. The summed E-state index contributed by atoms with van der Waals surface area (Å²) in [6, 6.07) is 10.2. The summed E-state index contributed by atoms with van der Waals surface area (Å²) in [7, 11) is -4.18. The van der Waals surface area contributed by atoms with Crippen molar-refractivity contribution >= 4 is 29.7 Å². The Bertz CT molecular complexity index is 877. The van der Waals surface area contributed by atoms with Crippen LogP contribution in [0.1, 0.15) is 160 Å². The molecular formula is C38H69BrNO6P. The third-order valence-electron chi connectivity index (χ3n) is 8.56. The van der Waals surface area contributed by atoms with E-state index in [9.17, 15) is 14.3 Å². The average Bonchev–Trinajstić information content (AvgIpc) is 3.07. The molecular weight excluding hydrogens is 677 g/mol. The summed E-state index contributed by atoms with van der Waals surface area (Å²) < 4.78 is 28.1. The van der Waals surface area contributed by atoms with Crippen LogP contribution in [-0.2, 0) is 29.6 Å². The van der Waals surface area contributed by atoms with Gasteiger partial charge >= 0.3 is 7.82 Å². The van der Waals surface area contributed by atoms with Gasteiger partial charge in [-0.05, 0) is 31.2 Å². The highest BCUT2D eigenvalue weighted by Crippen LogP contribution is 2.43. The number of aryl methyl sites for hydroxylation is 1. The van der Waals surface area contributed by atoms with Gasteiger partial charge in [-0.25, -0.2) is 4.57 Å². The molecule has 0 saturated heterocycles. The zero-order valence-electron chi connectivity index (χ0n) is 29.8. The Morgan fingerprint density at radius 3 is 1.77 bits per heavy atom. The van der Waals surface area contributed by atoms with E-state index in [2.05, 4.69) is 58.5 Å². The molecule has 274 valence electrons. The van der Waals surface area contributed by atoms with E-state index >= 15 is 0 Å². The van der Waals surface area contributed by atoms with Gasteiger partial charge < -0.3 is 14.9 Å². The fourth-order valence-electron chi connectivity index (χ4n) is 5.75. The van der Waals surface area contributed by atoms with Gasteiger partial charge in [0, 0.05) is 18.4 Å². The first kappa shape index (κ1) is 44.3. The predicted octanol–water partition coefficient (Wildman–Crippen LogP) is 11.3. The minimum atomic E-state index is -4.18. The van der Waals surface area contributed by atoms with Crippen molar-refractivity contribution in [2.75, 3.05) is 31.8 Å². The monoisotopic (exact) mass is 745 g/mol. The molecule has 2 N–H and O–H groups in total. The number of hydrogen-bond donors (Lipinski definition) is 2. The second-order valence-electron chi connectivity index (χ2n) is 13.0. The molecule has 0 aromatic heterocycles. The van der Waals surface area contributed by atoms with Gasteiger partial charge in [-0.2, -0.15) is 0 Å². The number of carbonyl (C=O) groups is 1. The second-order valence-corrected chi connectivity index (χ2v) is 15.3. The van der Waals surface area contributed by atoms with E-state index in [1.54, 1.807) is 0 Å². The van der Waals surface area contributed by atoms with Gasteiger partial charge in [-0.3, -0.25) is 13.8 Å². The number of phosphoric acid groups is 1. The third-order valence-corrected chi connectivity index (χ3v) is 9.87. The van der Waals surface area contributed by atoms with E-state index in [0.717, 1.165) is 32.1 Å². The molecule has 0 bridgehead atoms. The Morgan fingerprint density at radius 2 is 1.21 bits per heavy atom. The smallest absolute Gasteiger partial charge is 0.379 e. The Kier molecular flexibility index (Phi) is 30.6. The first-order valence-electron chi connectivity index (χ1n) is 19.1. The maximum Gasteiger partial charge on any atom is 0.472 e. The van der Waals surface area contributed by atoms with Crippen LogP contribution in [0.25, 0.3) is 0 Å². The SMILES string of the molecule is CCCCCCCCCCCCCCCC(=O)N[C@H](COCCCCCCCCCCCc1ccccc1)COP(=O)(O)OCCBr. The summed E-state index contributed by atoms with van der Waals surface area (Å²) in [4.78, 5) is 22.6. The number of hydrogen-bond acceptors (Lipinski definition) is 5. The standard InChI is InChI=1S/C38H69BrNO6P/c1-2-3-4-5-6-7-8-9-10-13-16-19-25-30-38(41)40-37(35-46-47(42,43)45-33-31-39)34-44-32-26-20-17-14-11-12-15-18-22-27-36-28-23-21-24-29-36/h21,23-24,28-29,37H,2-20,22,25-27,30-35H2,1H3,(H,40,41)(H,42,43)/t37-/m1/s1. The summed E-state index contributed by atoms with van der Waals surface area (Å²) in [6.07, 6.45) is 29.1. The maximum atomic E-state index is 12.6. The molecule has 7 nitrogen and oxygen atoms in total. The quantitative estimate of drug-likeness (QED) is 0.0408. The van der Waals surface area contributed by atoms with E-state index in [0.29, 0.717) is 18.4 Å². The number of unbranched alkanes of at least 4 members (excludes halogenated alkanes) is 20. The molecule has 1 rings (SSSR count). The number of amides is 1. The van der Waals surface area contributed by atoms with Crippen LogP contribution in [-0.4, -0.2) is 48.6 Å². The van der Waals surface area contributed by atoms with Gasteiger partial charge in [0.25, 0.3) is 0 Å². The van der Waals surface area contributed by atoms with Crippen molar-refractivity contribution in [1.29, 1.82) is 0 Å². The van der Waals surface area contributed by atoms with E-state index in [4.69, 9.17) is 13.8 Å². The van der Waals surface area contributed by atoms with E-state index in [-0.39, 0.29) is 25.7 Å². The first-order valence-corrected chi connectivity index (χ1v) is 21.7. The normalized spacial score (nSPS) is 13.4. The van der Waals surface area contributed by atoms with Gasteiger partial charge in [-0.15, -0.1) is 0 Å². The number of phosphoric ester groups is 1. The lowest BCUT2D eigenvalue weighted by Crippen LogP contribution is -2.41. The van der Waals surface area contributed by atoms with Crippen LogP contribution in [0.5, 0.6) is 0 Å². The number of carbonyl (C=O) groups excluding carboxylic acids is 1. The number of benzene rings is 1. The Labute approximate surface area is 296 Å². The van der Waals surface area contributed by atoms with Gasteiger partial charge in [0.2, 0.25) is 5.91 Å². The van der Waals surface area contributed by atoms with Crippen molar-refractivity contribution in [2.24, 2.45) is 0 Å². The van der Waals surface area contributed by atoms with Crippen molar-refractivity contribution in [3.63, 3.8) is 0 Å². The van der Waals surface area contributed by atoms with Crippen molar-refractivity contribution in [2.45, 2.75) is 167 Å². The molecule has 0 heterocycles. The summed E-state index contributed by atoms with van der Waals surface area (Å²) in [6.45, 7) is 3.03. The highest BCUT2D eigenvalue weighted by molar-refractivity contribution is 9.09. The van der Waals surface area contributed by atoms with E-state index < -0.39 is 13.9 Å². The minimum absolute atomic E-state index is 0.0641. The Morgan fingerprint density at radius 1 is 0.702 bits per heavy atom. The number of nitrogens with one attached hydrogen (secondary N) is 1. The highest BCUT2D eigenvalue weighted by Gasteiger charge is 2.24. The Hall–Kier alpha value is -0.760. The fourth-order valence-corrected chi connectivity index (χ4v) is 6.92. The number of halogens is 1. The van der Waals surface area contributed by atoms with Gasteiger partial charge in [0.15, 0.2) is 0 Å². The average molecular weight is 747 g/mol. The molecule has 0 aliphatic carbocycles. The molecule has 0 spiro atoms. The molecule has 1 amide bonds. The van der Waals surface area contributed by atoms with E-state index in [1.165, 1.54) is 121 Å². The van der Waals surface area contributed by atoms with Crippen LogP contribution in [0.15, 0.2) is 30.3 Å². The van der Waals surface area contributed by atoms with Crippen LogP contribution in [0.4, 0.5) is 0 Å². The molecule has 0 radical (unpaired) electrons. The molecule has 0 saturated carbocycles. The molecule has 0 fully saturated rings. The summed E-state index contributed by atoms with van der Waals surface area (Å²) in [5.41, 5.74) is 1.44. The van der Waals surface area contributed by atoms with Crippen molar-refractivity contribution in [3.8, 4) is 0 Å². The predicted molar refractivity (Wildman–Crippen MR) is 200 cm³/mol. The zero-order valence-corrected chi connectivity index (χ0v) is 32.3. The third kappa shape index (κ3) is 29.8. The van der Waals surface area contributed by atoms with Crippen molar-refractivity contribution < 1.29 is 28.0 Å². The summed E-state index contributed by atoms with van der Waals surface area (Å²) in [5.74, 6) is -0.0699. The second kappa shape index (κ2) is 32.4. The minimum Gasteiger partial charge on any atom is -0.379 e. The fraction of sp³-hybridized carbons (Fsp3) is 0.816. The van der Waals surface area contributed by atoms with E-state index in [1.807, 2.05) is 0 Å². The first-order chi connectivity index (χ1) is 23.0. The number of rotatable bonds is 35. The molecule has 1 unspecified atom stereocenters.